The molecule has 0 radical (unpaired) electrons. The van der Waals surface area contributed by atoms with E-state index in [1.54, 1.807) is 6.07 Å². The van der Waals surface area contributed by atoms with Crippen molar-refractivity contribution >= 4 is 11.6 Å². The summed E-state index contributed by atoms with van der Waals surface area (Å²) in [5.41, 5.74) is 7.14. The molecule has 0 unspecified atom stereocenters. The fraction of sp³-hybridized carbons (Fsp3) is 0.263. The summed E-state index contributed by atoms with van der Waals surface area (Å²) < 4.78 is 5.41. The van der Waals surface area contributed by atoms with Crippen LogP contribution in [-0.2, 0) is 0 Å². The summed E-state index contributed by atoms with van der Waals surface area (Å²) in [6, 6.07) is 13.2. The molecule has 0 aromatic heterocycles. The highest BCUT2D eigenvalue weighted by Crippen LogP contribution is 2.13. The van der Waals surface area contributed by atoms with Crippen LogP contribution in [0.3, 0.4) is 0 Å². The molecule has 0 saturated heterocycles. The van der Waals surface area contributed by atoms with Crippen LogP contribution in [0.2, 0.25) is 0 Å². The number of amides is 1. The van der Waals surface area contributed by atoms with E-state index in [0.717, 1.165) is 28.2 Å². The molecule has 0 aliphatic carbocycles. The monoisotopic (exact) mass is 310 g/mol. The van der Waals surface area contributed by atoms with Gasteiger partial charge in [-0.05, 0) is 80.8 Å². The first-order chi connectivity index (χ1) is 11.0. The molecular formula is C19H22N2O2. The van der Waals surface area contributed by atoms with Crippen LogP contribution in [0.1, 0.15) is 40.9 Å². The van der Waals surface area contributed by atoms with Crippen LogP contribution < -0.4 is 10.2 Å². The number of carbonyl (C=O) groups is 1. The van der Waals surface area contributed by atoms with Crippen molar-refractivity contribution < 1.29 is 9.53 Å². The van der Waals surface area contributed by atoms with Gasteiger partial charge < -0.3 is 4.74 Å². The van der Waals surface area contributed by atoms with Crippen molar-refractivity contribution in [1.82, 2.24) is 5.43 Å². The minimum Gasteiger partial charge on any atom is -0.494 e. The summed E-state index contributed by atoms with van der Waals surface area (Å²) in [5.74, 6) is 0.613. The average molecular weight is 310 g/mol. The van der Waals surface area contributed by atoms with E-state index in [0.29, 0.717) is 12.2 Å². The van der Waals surface area contributed by atoms with Gasteiger partial charge in [-0.3, -0.25) is 4.79 Å². The zero-order chi connectivity index (χ0) is 16.8. The Bertz CT molecular complexity index is 719. The van der Waals surface area contributed by atoms with Gasteiger partial charge in [0.15, 0.2) is 0 Å². The first-order valence-corrected chi connectivity index (χ1v) is 7.66. The van der Waals surface area contributed by atoms with E-state index in [1.807, 2.05) is 64.1 Å². The lowest BCUT2D eigenvalue weighted by Gasteiger charge is -2.06. The van der Waals surface area contributed by atoms with Gasteiger partial charge in [0.2, 0.25) is 0 Å². The molecule has 0 spiro atoms. The zero-order valence-corrected chi connectivity index (χ0v) is 14.0. The van der Waals surface area contributed by atoms with Crippen LogP contribution in [0, 0.1) is 13.8 Å². The lowest BCUT2D eigenvalue weighted by molar-refractivity contribution is 0.0954. The first-order valence-electron chi connectivity index (χ1n) is 7.66. The molecule has 0 saturated carbocycles. The second-order valence-electron chi connectivity index (χ2n) is 5.39. The first kappa shape index (κ1) is 16.7. The molecule has 120 valence electrons. The number of carbonyl (C=O) groups excluding carboxylic acids is 1. The van der Waals surface area contributed by atoms with Gasteiger partial charge >= 0.3 is 0 Å². The average Bonchev–Trinajstić information content (AvgIpc) is 2.56. The number of aryl methyl sites for hydroxylation is 2. The number of hydrogen-bond donors (Lipinski definition) is 1. The van der Waals surface area contributed by atoms with E-state index in [4.69, 9.17) is 4.74 Å². The second kappa shape index (κ2) is 7.58. The van der Waals surface area contributed by atoms with Gasteiger partial charge in [0.25, 0.3) is 5.91 Å². The Hall–Kier alpha value is -2.62. The van der Waals surface area contributed by atoms with Crippen molar-refractivity contribution in [3.05, 3.63) is 64.7 Å². The maximum Gasteiger partial charge on any atom is 0.271 e. The smallest absolute Gasteiger partial charge is 0.271 e. The van der Waals surface area contributed by atoms with E-state index in [2.05, 4.69) is 10.5 Å². The molecule has 1 amide bonds. The Morgan fingerprint density at radius 1 is 1.04 bits per heavy atom. The molecule has 4 heteroatoms. The van der Waals surface area contributed by atoms with Crippen LogP contribution >= 0.6 is 0 Å². The number of benzene rings is 2. The SMILES string of the molecule is CCOc1ccc(C(C)=NNC(=O)c2ccc(C)c(C)c2)cc1. The summed E-state index contributed by atoms with van der Waals surface area (Å²) in [5, 5.41) is 4.17. The van der Waals surface area contributed by atoms with Gasteiger partial charge in [0.1, 0.15) is 5.75 Å². The molecule has 0 aliphatic heterocycles. The van der Waals surface area contributed by atoms with Gasteiger partial charge in [-0.1, -0.05) is 6.07 Å². The van der Waals surface area contributed by atoms with Crippen LogP contribution in [0.5, 0.6) is 5.75 Å². The van der Waals surface area contributed by atoms with Crippen molar-refractivity contribution in [3.63, 3.8) is 0 Å². The number of nitrogens with one attached hydrogen (secondary N) is 1. The van der Waals surface area contributed by atoms with Crippen molar-refractivity contribution in [3.8, 4) is 5.75 Å². The van der Waals surface area contributed by atoms with Gasteiger partial charge in [-0.15, -0.1) is 0 Å². The summed E-state index contributed by atoms with van der Waals surface area (Å²) in [7, 11) is 0. The van der Waals surface area contributed by atoms with Gasteiger partial charge in [0, 0.05) is 5.56 Å². The third-order valence-corrected chi connectivity index (χ3v) is 3.68. The van der Waals surface area contributed by atoms with E-state index < -0.39 is 0 Å². The highest BCUT2D eigenvalue weighted by Gasteiger charge is 2.06. The second-order valence-corrected chi connectivity index (χ2v) is 5.39. The number of hydrazone groups is 1. The Balaban J connectivity index is 2.05. The third kappa shape index (κ3) is 4.42. The highest BCUT2D eigenvalue weighted by molar-refractivity contribution is 6.01. The van der Waals surface area contributed by atoms with Gasteiger partial charge in [0.05, 0.1) is 12.3 Å². The molecule has 2 rings (SSSR count). The Morgan fingerprint density at radius 2 is 1.70 bits per heavy atom. The van der Waals surface area contributed by atoms with Crippen LogP contribution in [-0.4, -0.2) is 18.2 Å². The normalized spacial score (nSPS) is 11.2. The molecule has 0 heterocycles. The molecular weight excluding hydrogens is 288 g/mol. The standard InChI is InChI=1S/C19H22N2O2/c1-5-23-18-10-8-16(9-11-18)15(4)20-21-19(22)17-7-6-13(2)14(3)12-17/h6-12H,5H2,1-4H3,(H,21,22). The number of rotatable bonds is 5. The zero-order valence-electron chi connectivity index (χ0n) is 14.0. The fourth-order valence-electron chi connectivity index (χ4n) is 2.11. The predicted octanol–water partition coefficient (Wildman–Crippen LogP) is 3.86. The summed E-state index contributed by atoms with van der Waals surface area (Å²) in [4.78, 5) is 12.1. The largest absolute Gasteiger partial charge is 0.494 e. The van der Waals surface area contributed by atoms with Crippen molar-refractivity contribution in [2.24, 2.45) is 5.10 Å². The maximum absolute atomic E-state index is 12.1. The molecule has 4 nitrogen and oxygen atoms in total. The van der Waals surface area contributed by atoms with Crippen molar-refractivity contribution in [2.45, 2.75) is 27.7 Å². The molecule has 0 aliphatic rings. The third-order valence-electron chi connectivity index (χ3n) is 3.68. The summed E-state index contributed by atoms with van der Waals surface area (Å²) in [6.07, 6.45) is 0. The molecule has 0 bridgehead atoms. The lowest BCUT2D eigenvalue weighted by Crippen LogP contribution is -2.19. The Labute approximate surface area is 137 Å². The van der Waals surface area contributed by atoms with E-state index in [1.165, 1.54) is 0 Å². The van der Waals surface area contributed by atoms with Crippen LogP contribution in [0.4, 0.5) is 0 Å². The summed E-state index contributed by atoms with van der Waals surface area (Å²) in [6.45, 7) is 8.45. The maximum atomic E-state index is 12.1. The van der Waals surface area contributed by atoms with E-state index in [9.17, 15) is 4.79 Å². The fourth-order valence-corrected chi connectivity index (χ4v) is 2.11. The van der Waals surface area contributed by atoms with Gasteiger partial charge in [-0.2, -0.15) is 5.10 Å². The molecule has 2 aromatic carbocycles. The van der Waals surface area contributed by atoms with Crippen LogP contribution in [0.25, 0.3) is 0 Å². The number of nitrogens with zero attached hydrogens (tertiary/aromatic N) is 1. The molecule has 0 atom stereocenters. The van der Waals surface area contributed by atoms with Crippen LogP contribution in [0.15, 0.2) is 47.6 Å². The lowest BCUT2D eigenvalue weighted by atomic mass is 10.1. The van der Waals surface area contributed by atoms with Gasteiger partial charge in [-0.25, -0.2) is 5.43 Å². The predicted molar refractivity (Wildman–Crippen MR) is 93.2 cm³/mol. The number of hydrogen-bond acceptors (Lipinski definition) is 3. The summed E-state index contributed by atoms with van der Waals surface area (Å²) >= 11 is 0. The molecule has 1 N–H and O–H groups in total. The number of ether oxygens (including phenoxy) is 1. The van der Waals surface area contributed by atoms with E-state index in [-0.39, 0.29) is 5.91 Å². The Kier molecular flexibility index (Phi) is 5.52. The molecule has 0 fully saturated rings. The molecule has 2 aromatic rings. The quantitative estimate of drug-likeness (QED) is 0.673. The van der Waals surface area contributed by atoms with Crippen molar-refractivity contribution in [2.75, 3.05) is 6.61 Å². The topological polar surface area (TPSA) is 50.7 Å². The Morgan fingerprint density at radius 3 is 2.30 bits per heavy atom. The minimum atomic E-state index is -0.210. The highest BCUT2D eigenvalue weighted by atomic mass is 16.5. The minimum absolute atomic E-state index is 0.210. The van der Waals surface area contributed by atoms with Crippen molar-refractivity contribution in [1.29, 1.82) is 0 Å². The van der Waals surface area contributed by atoms with E-state index >= 15 is 0 Å². The molecule has 23 heavy (non-hydrogen) atoms.